The van der Waals surface area contributed by atoms with Gasteiger partial charge < -0.3 is 14.2 Å². The lowest BCUT2D eigenvalue weighted by Crippen LogP contribution is -2.27. The van der Waals surface area contributed by atoms with Crippen molar-refractivity contribution < 1.29 is 23.8 Å². The first-order chi connectivity index (χ1) is 13.0. The third-order valence-corrected chi connectivity index (χ3v) is 5.55. The lowest BCUT2D eigenvalue weighted by molar-refractivity contribution is -0.159. The van der Waals surface area contributed by atoms with E-state index in [1.807, 2.05) is 36.4 Å². The maximum atomic E-state index is 12.1. The van der Waals surface area contributed by atoms with Gasteiger partial charge >= 0.3 is 11.9 Å². The lowest BCUT2D eigenvalue weighted by atomic mass is 9.99. The van der Waals surface area contributed by atoms with Gasteiger partial charge in [-0.25, -0.2) is 0 Å². The summed E-state index contributed by atoms with van der Waals surface area (Å²) in [5.41, 5.74) is 0.952. The Kier molecular flexibility index (Phi) is 8.00. The molecule has 0 spiro atoms. The molecular weight excluding hydrogens is 388 g/mol. The molecule has 0 radical (unpaired) electrons. The van der Waals surface area contributed by atoms with Crippen LogP contribution in [0.3, 0.4) is 0 Å². The van der Waals surface area contributed by atoms with Crippen molar-refractivity contribution in [2.45, 2.75) is 16.6 Å². The van der Waals surface area contributed by atoms with Gasteiger partial charge in [-0.15, -0.1) is 11.8 Å². The van der Waals surface area contributed by atoms with Crippen LogP contribution in [0.1, 0.15) is 17.2 Å². The summed E-state index contributed by atoms with van der Waals surface area (Å²) in [7, 11) is 4.11. The average Bonchev–Trinajstić information content (AvgIpc) is 2.71. The Morgan fingerprint density at radius 2 is 1.48 bits per heavy atom. The minimum absolute atomic E-state index is 0.180. The molecule has 0 aliphatic carbocycles. The molecule has 0 heterocycles. The van der Waals surface area contributed by atoms with Gasteiger partial charge in [-0.1, -0.05) is 23.7 Å². The zero-order valence-corrected chi connectivity index (χ0v) is 16.9. The fourth-order valence-corrected chi connectivity index (χ4v) is 3.87. The first-order valence-electron chi connectivity index (χ1n) is 8.20. The number of thioether (sulfide) groups is 1. The number of carbonyl (C=O) groups is 2. The van der Waals surface area contributed by atoms with E-state index in [1.165, 1.54) is 26.0 Å². The highest BCUT2D eigenvalue weighted by Crippen LogP contribution is 2.41. The summed E-state index contributed by atoms with van der Waals surface area (Å²) < 4.78 is 14.8. The summed E-state index contributed by atoms with van der Waals surface area (Å²) in [5, 5.41) is 0.461. The van der Waals surface area contributed by atoms with E-state index in [2.05, 4.69) is 0 Å². The second kappa shape index (κ2) is 10.2. The SMILES string of the molecule is COC(=O)C(CC(Sc1ccc(Cl)cc1)c1ccc(OC)cc1)C(=O)OC. The predicted octanol–water partition coefficient (Wildman–Crippen LogP) is 4.53. The Bertz CT molecular complexity index is 745. The van der Waals surface area contributed by atoms with E-state index in [4.69, 9.17) is 25.8 Å². The number of carbonyl (C=O) groups excluding carboxylic acids is 2. The van der Waals surface area contributed by atoms with Gasteiger partial charge in [0.2, 0.25) is 0 Å². The van der Waals surface area contributed by atoms with Crippen molar-refractivity contribution in [1.29, 1.82) is 0 Å². The van der Waals surface area contributed by atoms with Crippen LogP contribution in [0.15, 0.2) is 53.4 Å². The molecule has 0 saturated heterocycles. The molecule has 7 heteroatoms. The first-order valence-corrected chi connectivity index (χ1v) is 9.46. The summed E-state index contributed by atoms with van der Waals surface area (Å²) in [6.45, 7) is 0. The fraction of sp³-hybridized carbons (Fsp3) is 0.300. The Labute approximate surface area is 167 Å². The summed E-state index contributed by atoms with van der Waals surface area (Å²) in [4.78, 5) is 25.2. The smallest absolute Gasteiger partial charge is 0.320 e. The molecule has 0 bridgehead atoms. The molecule has 27 heavy (non-hydrogen) atoms. The van der Waals surface area contributed by atoms with Gasteiger partial charge in [0.1, 0.15) is 5.75 Å². The topological polar surface area (TPSA) is 61.8 Å². The first kappa shape index (κ1) is 21.1. The highest BCUT2D eigenvalue weighted by Gasteiger charge is 2.32. The minimum Gasteiger partial charge on any atom is -0.497 e. The lowest BCUT2D eigenvalue weighted by Gasteiger charge is -2.21. The fourth-order valence-electron chi connectivity index (χ4n) is 2.54. The van der Waals surface area contributed by atoms with Crippen LogP contribution in [0.2, 0.25) is 5.02 Å². The summed E-state index contributed by atoms with van der Waals surface area (Å²) in [5.74, 6) is -1.51. The van der Waals surface area contributed by atoms with Crippen molar-refractivity contribution in [3.05, 3.63) is 59.1 Å². The molecule has 0 aromatic heterocycles. The summed E-state index contributed by atoms with van der Waals surface area (Å²) in [6.07, 6.45) is 0.235. The molecule has 0 saturated carbocycles. The van der Waals surface area contributed by atoms with Crippen LogP contribution < -0.4 is 4.74 Å². The standard InChI is InChI=1S/C20H21ClO5S/c1-24-15-8-4-13(5-9-15)18(27-16-10-6-14(21)7-11-16)12-17(19(22)25-2)20(23)26-3/h4-11,17-18H,12H2,1-3H3. The number of hydrogen-bond acceptors (Lipinski definition) is 6. The number of esters is 2. The number of hydrogen-bond donors (Lipinski definition) is 0. The number of rotatable bonds is 8. The summed E-state index contributed by atoms with van der Waals surface area (Å²) >= 11 is 7.49. The number of halogens is 1. The largest absolute Gasteiger partial charge is 0.497 e. The van der Waals surface area contributed by atoms with Crippen LogP contribution in [0.5, 0.6) is 5.75 Å². The van der Waals surface area contributed by atoms with Crippen molar-refractivity contribution in [3.63, 3.8) is 0 Å². The van der Waals surface area contributed by atoms with Gasteiger partial charge in [-0.05, 0) is 48.4 Å². The van der Waals surface area contributed by atoms with Crippen molar-refractivity contribution in [2.24, 2.45) is 5.92 Å². The van der Waals surface area contributed by atoms with Crippen LogP contribution in [-0.2, 0) is 19.1 Å². The maximum Gasteiger partial charge on any atom is 0.320 e. The number of benzene rings is 2. The third kappa shape index (κ3) is 5.91. The van der Waals surface area contributed by atoms with Crippen molar-refractivity contribution in [2.75, 3.05) is 21.3 Å². The molecule has 2 rings (SSSR count). The minimum atomic E-state index is -1.01. The third-order valence-electron chi connectivity index (χ3n) is 4.00. The van der Waals surface area contributed by atoms with E-state index in [9.17, 15) is 9.59 Å². The van der Waals surface area contributed by atoms with Crippen LogP contribution in [-0.4, -0.2) is 33.3 Å². The molecule has 0 fully saturated rings. The van der Waals surface area contributed by atoms with Crippen LogP contribution in [0.25, 0.3) is 0 Å². The van der Waals surface area contributed by atoms with Crippen LogP contribution in [0.4, 0.5) is 0 Å². The number of ether oxygens (including phenoxy) is 3. The molecule has 1 atom stereocenters. The van der Waals surface area contributed by atoms with Crippen LogP contribution in [0, 0.1) is 5.92 Å². The molecule has 0 aliphatic rings. The van der Waals surface area contributed by atoms with Gasteiger partial charge in [-0.2, -0.15) is 0 Å². The second-order valence-corrected chi connectivity index (χ2v) is 7.38. The average molecular weight is 409 g/mol. The molecule has 2 aromatic rings. The molecular formula is C20H21ClO5S. The van der Waals surface area contributed by atoms with Gasteiger partial charge in [0, 0.05) is 15.2 Å². The molecule has 2 aromatic carbocycles. The highest BCUT2D eigenvalue weighted by atomic mass is 35.5. The molecule has 0 N–H and O–H groups in total. The Morgan fingerprint density at radius 3 is 1.96 bits per heavy atom. The van der Waals surface area contributed by atoms with Crippen molar-refractivity contribution in [1.82, 2.24) is 0 Å². The van der Waals surface area contributed by atoms with Gasteiger partial charge in [-0.3, -0.25) is 9.59 Å². The van der Waals surface area contributed by atoms with Crippen LogP contribution >= 0.6 is 23.4 Å². The highest BCUT2D eigenvalue weighted by molar-refractivity contribution is 7.99. The van der Waals surface area contributed by atoms with E-state index >= 15 is 0 Å². The molecule has 5 nitrogen and oxygen atoms in total. The molecule has 0 amide bonds. The molecule has 144 valence electrons. The Hall–Kier alpha value is -2.18. The van der Waals surface area contributed by atoms with Gasteiger partial charge in [0.05, 0.1) is 21.3 Å². The second-order valence-electron chi connectivity index (χ2n) is 5.67. The number of methoxy groups -OCH3 is 3. The van der Waals surface area contributed by atoms with E-state index in [0.717, 1.165) is 16.2 Å². The monoisotopic (exact) mass is 408 g/mol. The Balaban J connectivity index is 2.32. The van der Waals surface area contributed by atoms with Crippen molar-refractivity contribution >= 4 is 35.3 Å². The zero-order valence-electron chi connectivity index (χ0n) is 15.3. The van der Waals surface area contributed by atoms with E-state index < -0.39 is 17.9 Å². The Morgan fingerprint density at radius 1 is 0.926 bits per heavy atom. The van der Waals surface area contributed by atoms with Gasteiger partial charge in [0.15, 0.2) is 5.92 Å². The van der Waals surface area contributed by atoms with E-state index in [-0.39, 0.29) is 11.7 Å². The predicted molar refractivity (Wildman–Crippen MR) is 105 cm³/mol. The zero-order chi connectivity index (χ0) is 19.8. The molecule has 1 unspecified atom stereocenters. The quantitative estimate of drug-likeness (QED) is 0.363. The summed E-state index contributed by atoms with van der Waals surface area (Å²) in [6, 6.07) is 14.9. The van der Waals surface area contributed by atoms with E-state index in [0.29, 0.717) is 5.02 Å². The molecule has 0 aliphatic heterocycles. The van der Waals surface area contributed by atoms with Gasteiger partial charge in [0.25, 0.3) is 0 Å². The van der Waals surface area contributed by atoms with E-state index in [1.54, 1.807) is 19.2 Å². The van der Waals surface area contributed by atoms with Crippen molar-refractivity contribution in [3.8, 4) is 5.75 Å². The maximum absolute atomic E-state index is 12.1. The normalized spacial score (nSPS) is 11.7.